The summed E-state index contributed by atoms with van der Waals surface area (Å²) in [5.41, 5.74) is 2.06. The minimum Gasteiger partial charge on any atom is -0.492 e. The SMILES string of the molecule is ONCCCOc1ccccc1Cl. The summed E-state index contributed by atoms with van der Waals surface area (Å²) in [6, 6.07) is 7.31. The van der Waals surface area contributed by atoms with E-state index in [0.717, 1.165) is 6.42 Å². The van der Waals surface area contributed by atoms with Crippen LogP contribution in [0.3, 0.4) is 0 Å². The molecule has 1 aromatic rings. The molecule has 0 bridgehead atoms. The monoisotopic (exact) mass is 201 g/mol. The zero-order valence-electron chi connectivity index (χ0n) is 7.16. The van der Waals surface area contributed by atoms with Gasteiger partial charge in [-0.05, 0) is 18.6 Å². The predicted molar refractivity (Wildman–Crippen MR) is 51.4 cm³/mol. The van der Waals surface area contributed by atoms with Gasteiger partial charge in [0.2, 0.25) is 0 Å². The van der Waals surface area contributed by atoms with E-state index in [4.69, 9.17) is 21.5 Å². The number of benzene rings is 1. The van der Waals surface area contributed by atoms with Gasteiger partial charge in [-0.15, -0.1) is 0 Å². The summed E-state index contributed by atoms with van der Waals surface area (Å²) >= 11 is 5.85. The molecule has 0 saturated carbocycles. The molecule has 3 nitrogen and oxygen atoms in total. The third-order valence-electron chi connectivity index (χ3n) is 1.53. The Morgan fingerprint density at radius 2 is 2.15 bits per heavy atom. The maximum atomic E-state index is 8.29. The van der Waals surface area contributed by atoms with Gasteiger partial charge in [0.25, 0.3) is 0 Å². The van der Waals surface area contributed by atoms with Gasteiger partial charge >= 0.3 is 0 Å². The van der Waals surface area contributed by atoms with E-state index in [0.29, 0.717) is 23.9 Å². The molecule has 1 rings (SSSR count). The van der Waals surface area contributed by atoms with E-state index < -0.39 is 0 Å². The van der Waals surface area contributed by atoms with Crippen molar-refractivity contribution in [3.63, 3.8) is 0 Å². The maximum absolute atomic E-state index is 8.29. The Kier molecular flexibility index (Phi) is 4.60. The van der Waals surface area contributed by atoms with Crippen LogP contribution in [0.25, 0.3) is 0 Å². The molecule has 0 aromatic heterocycles. The average molecular weight is 202 g/mol. The molecule has 72 valence electrons. The van der Waals surface area contributed by atoms with Crippen LogP contribution in [0.4, 0.5) is 0 Å². The van der Waals surface area contributed by atoms with Gasteiger partial charge in [-0.25, -0.2) is 5.48 Å². The number of ether oxygens (including phenoxy) is 1. The molecule has 0 fully saturated rings. The van der Waals surface area contributed by atoms with Crippen LogP contribution >= 0.6 is 11.6 Å². The molecule has 0 spiro atoms. The van der Waals surface area contributed by atoms with E-state index in [1.807, 2.05) is 18.2 Å². The van der Waals surface area contributed by atoms with Crippen LogP contribution in [0.1, 0.15) is 6.42 Å². The van der Waals surface area contributed by atoms with Crippen molar-refractivity contribution in [1.82, 2.24) is 5.48 Å². The highest BCUT2D eigenvalue weighted by atomic mass is 35.5. The van der Waals surface area contributed by atoms with Gasteiger partial charge in [-0.2, -0.15) is 0 Å². The number of halogens is 1. The van der Waals surface area contributed by atoms with Gasteiger partial charge in [-0.3, -0.25) is 0 Å². The van der Waals surface area contributed by atoms with Crippen LogP contribution in [0.2, 0.25) is 5.02 Å². The molecule has 0 unspecified atom stereocenters. The Balaban J connectivity index is 2.32. The fourth-order valence-electron chi connectivity index (χ4n) is 0.895. The van der Waals surface area contributed by atoms with Crippen LogP contribution in [0, 0.1) is 0 Å². The Morgan fingerprint density at radius 1 is 1.38 bits per heavy atom. The highest BCUT2D eigenvalue weighted by Crippen LogP contribution is 2.22. The lowest BCUT2D eigenvalue weighted by atomic mass is 10.3. The van der Waals surface area contributed by atoms with Gasteiger partial charge < -0.3 is 9.94 Å². The van der Waals surface area contributed by atoms with Gasteiger partial charge in [0.05, 0.1) is 11.6 Å². The zero-order valence-corrected chi connectivity index (χ0v) is 7.92. The van der Waals surface area contributed by atoms with Gasteiger partial charge in [-0.1, -0.05) is 23.7 Å². The highest BCUT2D eigenvalue weighted by Gasteiger charge is 1.97. The third-order valence-corrected chi connectivity index (χ3v) is 1.84. The van der Waals surface area contributed by atoms with Gasteiger partial charge in [0.1, 0.15) is 5.75 Å². The molecular weight excluding hydrogens is 190 g/mol. The first-order valence-electron chi connectivity index (χ1n) is 4.09. The topological polar surface area (TPSA) is 41.5 Å². The van der Waals surface area contributed by atoms with E-state index in [2.05, 4.69) is 5.48 Å². The second-order valence-corrected chi connectivity index (χ2v) is 2.95. The van der Waals surface area contributed by atoms with Crippen molar-refractivity contribution in [3.8, 4) is 5.75 Å². The number of hydrogen-bond acceptors (Lipinski definition) is 3. The largest absolute Gasteiger partial charge is 0.492 e. The van der Waals surface area contributed by atoms with E-state index >= 15 is 0 Å². The smallest absolute Gasteiger partial charge is 0.137 e. The quantitative estimate of drug-likeness (QED) is 0.566. The minimum atomic E-state index is 0.518. The van der Waals surface area contributed by atoms with Crippen LogP contribution in [0.5, 0.6) is 5.75 Å². The standard InChI is InChI=1S/C9H12ClNO2/c10-8-4-1-2-5-9(8)13-7-3-6-11-12/h1-2,4-5,11-12H,3,6-7H2. The lowest BCUT2D eigenvalue weighted by molar-refractivity contribution is 0.157. The summed E-state index contributed by atoms with van der Waals surface area (Å²) in [4.78, 5) is 0. The van der Waals surface area contributed by atoms with Crippen molar-refractivity contribution in [3.05, 3.63) is 29.3 Å². The summed E-state index contributed by atoms with van der Waals surface area (Å²) in [5.74, 6) is 0.683. The molecule has 0 atom stereocenters. The van der Waals surface area contributed by atoms with Crippen LogP contribution < -0.4 is 10.2 Å². The minimum absolute atomic E-state index is 0.518. The van der Waals surface area contributed by atoms with E-state index in [9.17, 15) is 0 Å². The Labute approximate surface area is 82.2 Å². The average Bonchev–Trinajstić information content (AvgIpc) is 2.15. The lowest BCUT2D eigenvalue weighted by Crippen LogP contribution is -2.12. The van der Waals surface area contributed by atoms with Crippen LogP contribution in [-0.2, 0) is 0 Å². The molecule has 0 radical (unpaired) electrons. The molecule has 0 heterocycles. The molecule has 0 saturated heterocycles. The number of hydroxylamine groups is 1. The molecule has 13 heavy (non-hydrogen) atoms. The van der Waals surface area contributed by atoms with E-state index in [1.165, 1.54) is 0 Å². The van der Waals surface area contributed by atoms with Crippen molar-refractivity contribution < 1.29 is 9.94 Å². The summed E-state index contributed by atoms with van der Waals surface area (Å²) in [7, 11) is 0. The Hall–Kier alpha value is -0.770. The van der Waals surface area contributed by atoms with Crippen molar-refractivity contribution in [1.29, 1.82) is 0 Å². The fraction of sp³-hybridized carbons (Fsp3) is 0.333. The first kappa shape index (κ1) is 10.3. The number of nitrogens with one attached hydrogen (secondary N) is 1. The molecular formula is C9H12ClNO2. The van der Waals surface area contributed by atoms with Crippen LogP contribution in [0.15, 0.2) is 24.3 Å². The summed E-state index contributed by atoms with van der Waals surface area (Å²) in [6.45, 7) is 1.06. The maximum Gasteiger partial charge on any atom is 0.137 e. The molecule has 0 aliphatic rings. The Bertz CT molecular complexity index is 255. The van der Waals surface area contributed by atoms with Crippen molar-refractivity contribution >= 4 is 11.6 Å². The summed E-state index contributed by atoms with van der Waals surface area (Å²) in [5, 5.41) is 8.90. The number of rotatable bonds is 5. The first-order valence-corrected chi connectivity index (χ1v) is 4.46. The highest BCUT2D eigenvalue weighted by molar-refractivity contribution is 6.32. The molecule has 0 aliphatic carbocycles. The normalized spacial score (nSPS) is 10.0. The van der Waals surface area contributed by atoms with Crippen LogP contribution in [-0.4, -0.2) is 18.4 Å². The fourth-order valence-corrected chi connectivity index (χ4v) is 1.09. The summed E-state index contributed by atoms with van der Waals surface area (Å²) < 4.78 is 5.36. The van der Waals surface area contributed by atoms with Gasteiger partial charge in [0, 0.05) is 6.54 Å². The van der Waals surface area contributed by atoms with Gasteiger partial charge in [0.15, 0.2) is 0 Å². The summed E-state index contributed by atoms with van der Waals surface area (Å²) in [6.07, 6.45) is 0.738. The van der Waals surface area contributed by atoms with Crippen molar-refractivity contribution in [2.75, 3.05) is 13.2 Å². The molecule has 2 N–H and O–H groups in total. The second-order valence-electron chi connectivity index (χ2n) is 2.54. The van der Waals surface area contributed by atoms with Crippen molar-refractivity contribution in [2.45, 2.75) is 6.42 Å². The lowest BCUT2D eigenvalue weighted by Gasteiger charge is -2.06. The van der Waals surface area contributed by atoms with E-state index in [-0.39, 0.29) is 0 Å². The molecule has 4 heteroatoms. The second kappa shape index (κ2) is 5.80. The molecule has 0 aliphatic heterocycles. The van der Waals surface area contributed by atoms with Crippen molar-refractivity contribution in [2.24, 2.45) is 0 Å². The number of para-hydroxylation sites is 1. The molecule has 0 amide bonds. The predicted octanol–water partition coefficient (Wildman–Crippen LogP) is 2.09. The molecule has 1 aromatic carbocycles. The first-order chi connectivity index (χ1) is 6.34. The Morgan fingerprint density at radius 3 is 2.85 bits per heavy atom. The zero-order chi connectivity index (χ0) is 9.52. The third kappa shape index (κ3) is 3.63. The van der Waals surface area contributed by atoms with E-state index in [1.54, 1.807) is 6.07 Å². The number of hydrogen-bond donors (Lipinski definition) is 2.